The van der Waals surface area contributed by atoms with Crippen LogP contribution in [-0.2, 0) is 0 Å². The molecule has 0 unspecified atom stereocenters. The number of amides is 1. The van der Waals surface area contributed by atoms with Crippen LogP contribution in [0.5, 0.6) is 5.75 Å². The second-order valence-electron chi connectivity index (χ2n) is 3.34. The largest absolute Gasteiger partial charge is 4.00 e. The van der Waals surface area contributed by atoms with E-state index in [4.69, 9.17) is 0 Å². The number of carbonyl (C=O) groups is 1. The van der Waals surface area contributed by atoms with Crippen LogP contribution in [0.15, 0.2) is 47.7 Å². The fourth-order valence-electron chi connectivity index (χ4n) is 1.31. The summed E-state index contributed by atoms with van der Waals surface area (Å²) in [5.74, 6) is -0.522. The van der Waals surface area contributed by atoms with Crippen LogP contribution in [0.1, 0.15) is 29.9 Å². The molecule has 1 heterocycles. The molecule has 0 spiro atoms. The van der Waals surface area contributed by atoms with Crippen LogP contribution in [0, 0.1) is 13.8 Å². The van der Waals surface area contributed by atoms with Gasteiger partial charge in [-0.05, 0) is 24.3 Å². The van der Waals surface area contributed by atoms with Crippen molar-refractivity contribution in [1.82, 2.24) is 10.4 Å². The molecule has 0 saturated heterocycles. The molecule has 0 bridgehead atoms. The molecule has 0 aliphatic heterocycles. The zero-order valence-electron chi connectivity index (χ0n) is 13.6. The van der Waals surface area contributed by atoms with Crippen LogP contribution < -0.4 is 30.2 Å². The molecule has 5 nitrogen and oxygen atoms in total. The fourth-order valence-corrected chi connectivity index (χ4v) is 1.31. The predicted octanol–water partition coefficient (Wildman–Crippen LogP) is -3.21. The van der Waals surface area contributed by atoms with Crippen LogP contribution in [0.2, 0.25) is 0 Å². The van der Waals surface area contributed by atoms with Gasteiger partial charge in [0.1, 0.15) is 5.75 Å². The van der Waals surface area contributed by atoms with Crippen LogP contribution >= 0.6 is 0 Å². The van der Waals surface area contributed by atoms with Crippen LogP contribution in [0.25, 0.3) is 0 Å². The van der Waals surface area contributed by atoms with Crippen molar-refractivity contribution in [3.8, 4) is 5.75 Å². The number of nitrogens with zero attached hydrogens (tertiary/aromatic N) is 1. The van der Waals surface area contributed by atoms with Gasteiger partial charge in [-0.3, -0.25) is 4.79 Å². The first-order valence-electron chi connectivity index (χ1n) is 6.43. The van der Waals surface area contributed by atoms with E-state index in [2.05, 4.69) is 29.4 Å². The van der Waals surface area contributed by atoms with E-state index in [9.17, 15) is 9.90 Å². The molecule has 8 heteroatoms. The van der Waals surface area contributed by atoms with Gasteiger partial charge in [0, 0.05) is 6.20 Å². The topological polar surface area (TPSA) is 77.5 Å². The first-order chi connectivity index (χ1) is 10.3. The minimum absolute atomic E-state index is 0. The smallest absolute Gasteiger partial charge is 1.00 e. The molecule has 1 amide bonds. The third-order valence-corrected chi connectivity index (χ3v) is 2.14. The number of hydrogen-bond donors (Lipinski definition) is 3. The molecule has 3 N–H and O–H groups in total. The van der Waals surface area contributed by atoms with E-state index in [1.807, 2.05) is 12.1 Å². The number of nitrogens with one attached hydrogen (secondary N) is 2. The van der Waals surface area contributed by atoms with Crippen molar-refractivity contribution in [1.29, 1.82) is 0 Å². The maximum Gasteiger partial charge on any atom is 4.00 e. The van der Waals surface area contributed by atoms with Crippen molar-refractivity contribution >= 4 is 36.0 Å². The molecule has 1 aromatic carbocycles. The van der Waals surface area contributed by atoms with E-state index < -0.39 is 5.91 Å². The number of carbonyl (C=O) groups excluding carboxylic acids is 1. The van der Waals surface area contributed by atoms with Crippen molar-refractivity contribution in [3.05, 3.63) is 67.7 Å². The summed E-state index contributed by atoms with van der Waals surface area (Å²) in [5, 5.41) is 13.2. The minimum Gasteiger partial charge on any atom is -1.00 e. The van der Waals surface area contributed by atoms with Gasteiger partial charge in [0.15, 0.2) is 0 Å². The van der Waals surface area contributed by atoms with Gasteiger partial charge >= 0.3 is 23.9 Å². The molecule has 0 radical (unpaired) electrons. The van der Waals surface area contributed by atoms with E-state index in [-0.39, 0.29) is 60.0 Å². The number of aromatic hydroxyl groups is 1. The van der Waals surface area contributed by atoms with E-state index in [0.717, 1.165) is 5.69 Å². The molecule has 0 atom stereocenters. The third-order valence-electron chi connectivity index (χ3n) is 2.14. The number of para-hydroxylation sites is 1. The van der Waals surface area contributed by atoms with Gasteiger partial charge in [0.25, 0.3) is 5.91 Å². The number of rotatable bonds is 3. The van der Waals surface area contributed by atoms with Crippen molar-refractivity contribution < 1.29 is 34.7 Å². The van der Waals surface area contributed by atoms with Crippen molar-refractivity contribution in [2.75, 3.05) is 0 Å². The summed E-state index contributed by atoms with van der Waals surface area (Å²) in [6, 6.07) is 9.93. The molecule has 0 fully saturated rings. The Balaban J connectivity index is -0.000000266. The van der Waals surface area contributed by atoms with Gasteiger partial charge in [0.05, 0.1) is 17.5 Å². The standard InChI is InChI=1S/C12H11N3O2.2C2H5.2ClH.Sn/c16-11-6-2-1-5-10(11)12(17)15-14-8-9-4-3-7-13-9;2*1-2;;;/h1-8,13,16H,(H,15,17);2*1H2,2H3;2*1H;/q;2*-1;;;+4/p-2/b14-8+;;;;;. The Bertz CT molecular complexity index is 550. The monoisotopic (exact) mass is 477 g/mol. The minimum atomic E-state index is -0.453. The molecular weight excluding hydrogens is 456 g/mol. The number of phenolic OH excluding ortho intramolecular Hbond substituents is 1. The van der Waals surface area contributed by atoms with Crippen molar-refractivity contribution in [2.24, 2.45) is 5.10 Å². The average Bonchev–Trinajstić information content (AvgIpc) is 3.05. The second-order valence-corrected chi connectivity index (χ2v) is 3.34. The number of aromatic amines is 1. The van der Waals surface area contributed by atoms with Crippen molar-refractivity contribution in [2.45, 2.75) is 13.8 Å². The molecule has 1 aromatic heterocycles. The third kappa shape index (κ3) is 11.4. The van der Waals surface area contributed by atoms with E-state index >= 15 is 0 Å². The summed E-state index contributed by atoms with van der Waals surface area (Å²) in [4.78, 5) is 14.5. The second kappa shape index (κ2) is 19.9. The number of halogens is 2. The molecule has 2 rings (SSSR count). The number of hydrazone groups is 1. The zero-order valence-corrected chi connectivity index (χ0v) is 18.0. The zero-order chi connectivity index (χ0) is 16.1. The van der Waals surface area contributed by atoms with Gasteiger partial charge in [-0.15, -0.1) is 0 Å². The fraction of sp³-hybridized carbons (Fsp3) is 0.125. The number of benzene rings is 1. The SMILES string of the molecule is O=C(N/N=C/c1ccc[nH]1)c1ccccc1O.[CH2-]C.[CH2-]C.[Cl-].[Cl-].[Sn+4]. The molecule has 2 aromatic rings. The summed E-state index contributed by atoms with van der Waals surface area (Å²) in [7, 11) is 0. The normalized spacial score (nSPS) is 8.00. The molecule has 0 aliphatic carbocycles. The Hall–Kier alpha value is -1.18. The van der Waals surface area contributed by atoms with Crippen molar-refractivity contribution in [3.63, 3.8) is 0 Å². The summed E-state index contributed by atoms with van der Waals surface area (Å²) in [6.45, 7) is 10.0. The molecular formula is C16H21Cl2N3O2Sn. The van der Waals surface area contributed by atoms with Gasteiger partial charge < -0.3 is 48.8 Å². The maximum atomic E-state index is 11.6. The van der Waals surface area contributed by atoms with E-state index in [1.165, 1.54) is 18.3 Å². The first kappa shape index (κ1) is 30.7. The summed E-state index contributed by atoms with van der Waals surface area (Å²) >= 11 is 0. The summed E-state index contributed by atoms with van der Waals surface area (Å²) in [5.41, 5.74) is 3.30. The van der Waals surface area contributed by atoms with Gasteiger partial charge in [0.2, 0.25) is 0 Å². The number of aromatic nitrogens is 1. The predicted molar refractivity (Wildman–Crippen MR) is 91.8 cm³/mol. The van der Waals surface area contributed by atoms with E-state index in [0.29, 0.717) is 0 Å². The number of H-pyrrole nitrogens is 1. The molecule has 0 saturated carbocycles. The van der Waals surface area contributed by atoms with E-state index in [1.54, 1.807) is 32.2 Å². The van der Waals surface area contributed by atoms with Crippen LogP contribution in [0.4, 0.5) is 0 Å². The molecule has 24 heavy (non-hydrogen) atoms. The number of phenols is 1. The molecule has 130 valence electrons. The van der Waals surface area contributed by atoms with Gasteiger partial charge in [-0.1, -0.05) is 12.1 Å². The maximum absolute atomic E-state index is 11.6. The first-order valence-corrected chi connectivity index (χ1v) is 6.43. The Morgan fingerprint density at radius 3 is 2.21 bits per heavy atom. The average molecular weight is 477 g/mol. The Labute approximate surface area is 173 Å². The molecule has 0 aliphatic rings. The Kier molecular flexibility index (Phi) is 25.4. The Morgan fingerprint density at radius 1 is 1.12 bits per heavy atom. The number of hydrogen-bond acceptors (Lipinski definition) is 3. The van der Waals surface area contributed by atoms with Gasteiger partial charge in [-0.25, -0.2) is 5.43 Å². The quantitative estimate of drug-likeness (QED) is 0.189. The summed E-state index contributed by atoms with van der Waals surface area (Å²) < 4.78 is 0. The summed E-state index contributed by atoms with van der Waals surface area (Å²) in [6.07, 6.45) is 3.24. The van der Waals surface area contributed by atoms with Crippen LogP contribution in [-0.4, -0.2) is 46.1 Å². The van der Waals surface area contributed by atoms with Gasteiger partial charge in [-0.2, -0.15) is 18.9 Å². The van der Waals surface area contributed by atoms with Crippen LogP contribution in [0.3, 0.4) is 0 Å². The Morgan fingerprint density at radius 2 is 1.71 bits per heavy atom.